The maximum atomic E-state index is 13.0. The van der Waals surface area contributed by atoms with Gasteiger partial charge in [-0.25, -0.2) is 0 Å². The molecule has 2 amide bonds. The number of amides is 2. The lowest BCUT2D eigenvalue weighted by molar-refractivity contribution is -0.122. The molecule has 0 spiro atoms. The Morgan fingerprint density at radius 1 is 1.22 bits per heavy atom. The summed E-state index contributed by atoms with van der Waals surface area (Å²) in [6.07, 6.45) is 1.31. The minimum Gasteiger partial charge on any atom is -0.504 e. The van der Waals surface area contributed by atoms with Gasteiger partial charge in [-0.1, -0.05) is 33.6 Å². The van der Waals surface area contributed by atoms with Crippen molar-refractivity contribution in [3.8, 4) is 11.5 Å². The standard InChI is InChI=1S/C19H15BrN2O4S/c1-10-3-5-13(6-4-10)22-18(25)14(17(24)21-19(22)27)8-11-7-12(20)9-15(26-2)16(11)23/h3-9,23H,1-2H3,(H,21,24,27)/b14-8+. The maximum Gasteiger partial charge on any atom is 0.270 e. The second-order valence-corrected chi connectivity index (χ2v) is 7.14. The number of thiocarbonyl (C=S) groups is 1. The molecule has 138 valence electrons. The van der Waals surface area contributed by atoms with E-state index < -0.39 is 11.8 Å². The van der Waals surface area contributed by atoms with E-state index in [-0.39, 0.29) is 27.7 Å². The number of methoxy groups -OCH3 is 1. The number of halogens is 1. The normalized spacial score (nSPS) is 15.9. The lowest BCUT2D eigenvalue weighted by Gasteiger charge is -2.29. The number of nitrogens with one attached hydrogen (secondary N) is 1. The summed E-state index contributed by atoms with van der Waals surface area (Å²) >= 11 is 8.48. The van der Waals surface area contributed by atoms with Crippen molar-refractivity contribution in [3.63, 3.8) is 0 Å². The van der Waals surface area contributed by atoms with Crippen LogP contribution in [-0.4, -0.2) is 29.1 Å². The van der Waals surface area contributed by atoms with Crippen molar-refractivity contribution in [1.82, 2.24) is 5.32 Å². The van der Waals surface area contributed by atoms with E-state index in [1.165, 1.54) is 18.1 Å². The molecule has 2 aromatic carbocycles. The van der Waals surface area contributed by atoms with E-state index in [4.69, 9.17) is 17.0 Å². The van der Waals surface area contributed by atoms with Gasteiger partial charge in [-0.05, 0) is 49.5 Å². The van der Waals surface area contributed by atoms with Crippen molar-refractivity contribution >= 4 is 56.8 Å². The molecule has 2 N–H and O–H groups in total. The number of hydrogen-bond donors (Lipinski definition) is 2. The van der Waals surface area contributed by atoms with Gasteiger partial charge in [-0.2, -0.15) is 0 Å². The molecule has 2 aromatic rings. The number of carbonyl (C=O) groups is 2. The van der Waals surface area contributed by atoms with Crippen LogP contribution >= 0.6 is 28.1 Å². The molecule has 1 saturated heterocycles. The summed E-state index contributed by atoms with van der Waals surface area (Å²) < 4.78 is 5.73. The topological polar surface area (TPSA) is 78.9 Å². The van der Waals surface area contributed by atoms with E-state index in [1.54, 1.807) is 24.3 Å². The number of anilines is 1. The van der Waals surface area contributed by atoms with Crippen molar-refractivity contribution in [2.75, 3.05) is 12.0 Å². The Morgan fingerprint density at radius 3 is 2.52 bits per heavy atom. The van der Waals surface area contributed by atoms with Crippen LogP contribution in [0.1, 0.15) is 11.1 Å². The predicted octanol–water partition coefficient (Wildman–Crippen LogP) is 3.30. The lowest BCUT2D eigenvalue weighted by atomic mass is 10.1. The third-order valence-electron chi connectivity index (χ3n) is 3.98. The molecule has 27 heavy (non-hydrogen) atoms. The number of nitrogens with zero attached hydrogens (tertiary/aromatic N) is 1. The van der Waals surface area contributed by atoms with Crippen molar-refractivity contribution in [2.24, 2.45) is 0 Å². The van der Waals surface area contributed by atoms with Gasteiger partial charge in [0.25, 0.3) is 11.8 Å². The number of rotatable bonds is 3. The number of phenolic OH excluding ortho intramolecular Hbond substituents is 1. The Hall–Kier alpha value is -2.71. The molecule has 0 aliphatic carbocycles. The average Bonchev–Trinajstić information content (AvgIpc) is 2.62. The summed E-state index contributed by atoms with van der Waals surface area (Å²) in [5.41, 5.74) is 1.67. The molecule has 0 saturated carbocycles. The first kappa shape index (κ1) is 19.1. The van der Waals surface area contributed by atoms with Crippen LogP contribution in [-0.2, 0) is 9.59 Å². The fourth-order valence-electron chi connectivity index (χ4n) is 2.60. The number of aryl methyl sites for hydroxylation is 1. The van der Waals surface area contributed by atoms with Crippen molar-refractivity contribution in [2.45, 2.75) is 6.92 Å². The van der Waals surface area contributed by atoms with Crippen LogP contribution in [0.4, 0.5) is 5.69 Å². The van der Waals surface area contributed by atoms with Gasteiger partial charge in [0.1, 0.15) is 5.57 Å². The molecule has 1 aliphatic rings. The van der Waals surface area contributed by atoms with Crippen LogP contribution < -0.4 is 15.0 Å². The van der Waals surface area contributed by atoms with E-state index in [0.29, 0.717) is 10.2 Å². The highest BCUT2D eigenvalue weighted by Gasteiger charge is 2.34. The number of phenols is 1. The number of hydrogen-bond acceptors (Lipinski definition) is 5. The van der Waals surface area contributed by atoms with E-state index in [0.717, 1.165) is 5.56 Å². The Bertz CT molecular complexity index is 986. The van der Waals surface area contributed by atoms with Crippen LogP contribution in [0.3, 0.4) is 0 Å². The van der Waals surface area contributed by atoms with E-state index in [2.05, 4.69) is 21.2 Å². The minimum absolute atomic E-state index is 0.00190. The lowest BCUT2D eigenvalue weighted by Crippen LogP contribution is -2.54. The first-order chi connectivity index (χ1) is 12.8. The van der Waals surface area contributed by atoms with Gasteiger partial charge in [0.15, 0.2) is 16.6 Å². The molecular formula is C19H15BrN2O4S. The smallest absolute Gasteiger partial charge is 0.270 e. The fourth-order valence-corrected chi connectivity index (χ4v) is 3.34. The van der Waals surface area contributed by atoms with E-state index in [9.17, 15) is 14.7 Å². The molecule has 6 nitrogen and oxygen atoms in total. The largest absolute Gasteiger partial charge is 0.504 e. The van der Waals surface area contributed by atoms with Crippen molar-refractivity contribution in [1.29, 1.82) is 0 Å². The number of benzene rings is 2. The zero-order chi connectivity index (χ0) is 19.7. The molecule has 0 radical (unpaired) electrons. The third kappa shape index (κ3) is 3.72. The Balaban J connectivity index is 2.07. The van der Waals surface area contributed by atoms with Crippen molar-refractivity contribution in [3.05, 3.63) is 57.6 Å². The molecule has 0 unspecified atom stereocenters. The van der Waals surface area contributed by atoms with Crippen LogP contribution in [0.25, 0.3) is 6.08 Å². The predicted molar refractivity (Wildman–Crippen MR) is 110 cm³/mol. The molecule has 3 rings (SSSR count). The number of ether oxygens (including phenoxy) is 1. The van der Waals surface area contributed by atoms with Crippen LogP contribution in [0.2, 0.25) is 0 Å². The Morgan fingerprint density at radius 2 is 1.89 bits per heavy atom. The molecule has 8 heteroatoms. The van der Waals surface area contributed by atoms with Crippen LogP contribution in [0.15, 0.2) is 46.4 Å². The van der Waals surface area contributed by atoms with Crippen LogP contribution in [0, 0.1) is 6.92 Å². The van der Waals surface area contributed by atoms with Crippen molar-refractivity contribution < 1.29 is 19.4 Å². The maximum absolute atomic E-state index is 13.0. The first-order valence-corrected chi connectivity index (χ1v) is 9.06. The van der Waals surface area contributed by atoms with E-state index in [1.807, 2.05) is 19.1 Å². The van der Waals surface area contributed by atoms with Crippen LogP contribution in [0.5, 0.6) is 11.5 Å². The van der Waals surface area contributed by atoms with Gasteiger partial charge in [0, 0.05) is 10.0 Å². The van der Waals surface area contributed by atoms with Gasteiger partial charge in [0.05, 0.1) is 12.8 Å². The van der Waals surface area contributed by atoms with Gasteiger partial charge in [-0.3, -0.25) is 19.8 Å². The molecule has 1 fully saturated rings. The monoisotopic (exact) mass is 446 g/mol. The van der Waals surface area contributed by atoms with Gasteiger partial charge in [-0.15, -0.1) is 0 Å². The first-order valence-electron chi connectivity index (χ1n) is 7.86. The van der Waals surface area contributed by atoms with Gasteiger partial charge < -0.3 is 9.84 Å². The minimum atomic E-state index is -0.633. The SMILES string of the molecule is COc1cc(Br)cc(/C=C2\C(=O)NC(=S)N(c3ccc(C)cc3)C2=O)c1O. The summed E-state index contributed by atoms with van der Waals surface area (Å²) in [4.78, 5) is 26.6. The number of carbonyl (C=O) groups excluding carboxylic acids is 2. The highest BCUT2D eigenvalue weighted by Crippen LogP contribution is 2.35. The molecule has 0 atom stereocenters. The zero-order valence-electron chi connectivity index (χ0n) is 14.4. The van der Waals surface area contributed by atoms with Gasteiger partial charge in [0.2, 0.25) is 0 Å². The molecular weight excluding hydrogens is 432 g/mol. The summed E-state index contributed by atoms with van der Waals surface area (Å²) in [5, 5.41) is 12.8. The number of aromatic hydroxyl groups is 1. The van der Waals surface area contributed by atoms with Gasteiger partial charge >= 0.3 is 0 Å². The molecule has 1 heterocycles. The summed E-state index contributed by atoms with van der Waals surface area (Å²) in [7, 11) is 1.41. The quantitative estimate of drug-likeness (QED) is 0.429. The summed E-state index contributed by atoms with van der Waals surface area (Å²) in [6, 6.07) is 10.3. The highest BCUT2D eigenvalue weighted by atomic mass is 79.9. The van der Waals surface area contributed by atoms with E-state index >= 15 is 0 Å². The summed E-state index contributed by atoms with van der Waals surface area (Å²) in [5.74, 6) is -1.17. The Labute approximate surface area is 169 Å². The molecule has 0 aromatic heterocycles. The second kappa shape index (κ2) is 7.50. The third-order valence-corrected chi connectivity index (χ3v) is 4.73. The molecule has 1 aliphatic heterocycles. The second-order valence-electron chi connectivity index (χ2n) is 5.84. The highest BCUT2D eigenvalue weighted by molar-refractivity contribution is 9.10. The molecule has 0 bridgehead atoms. The Kier molecular flexibility index (Phi) is 5.29. The zero-order valence-corrected chi connectivity index (χ0v) is 16.8. The fraction of sp³-hybridized carbons (Fsp3) is 0.105. The summed E-state index contributed by atoms with van der Waals surface area (Å²) in [6.45, 7) is 1.93. The average molecular weight is 447 g/mol.